The van der Waals surface area contributed by atoms with Crippen LogP contribution in [-0.2, 0) is 4.74 Å². The van der Waals surface area contributed by atoms with Crippen molar-refractivity contribution in [2.75, 3.05) is 30.8 Å². The number of halogens is 1. The van der Waals surface area contributed by atoms with Gasteiger partial charge in [0.25, 0.3) is 0 Å². The fourth-order valence-corrected chi connectivity index (χ4v) is 1.93. The quantitative estimate of drug-likeness (QED) is 0.349. The van der Waals surface area contributed by atoms with Gasteiger partial charge in [-0.25, -0.2) is 0 Å². The van der Waals surface area contributed by atoms with Gasteiger partial charge in [0.15, 0.2) is 0 Å². The largest absolute Gasteiger partial charge is 0.399 e. The van der Waals surface area contributed by atoms with Gasteiger partial charge in [-0.1, -0.05) is 6.08 Å². The second-order valence-electron chi connectivity index (χ2n) is 3.36. The molecule has 0 bridgehead atoms. The molecule has 88 valence electrons. The lowest BCUT2D eigenvalue weighted by Gasteiger charge is -2.09. The molecule has 0 spiro atoms. The van der Waals surface area contributed by atoms with Crippen LogP contribution in [0.2, 0.25) is 0 Å². The molecule has 0 aliphatic heterocycles. The lowest BCUT2D eigenvalue weighted by Crippen LogP contribution is -2.10. The molecule has 16 heavy (non-hydrogen) atoms. The molecule has 0 aliphatic rings. The fraction of sp³-hybridized carbons (Fsp3) is 0.333. The van der Waals surface area contributed by atoms with E-state index >= 15 is 0 Å². The molecule has 0 aromatic heterocycles. The van der Waals surface area contributed by atoms with E-state index in [1.54, 1.807) is 0 Å². The number of anilines is 2. The number of rotatable bonds is 7. The maximum Gasteiger partial charge on any atom is 0.0639 e. The normalized spacial score (nSPS) is 10.1. The third-order valence-electron chi connectivity index (χ3n) is 2.02. The minimum absolute atomic E-state index is 0.703. The SMILES string of the molecule is C=CCCOCCNc1ccc(N)cc1I. The van der Waals surface area contributed by atoms with Gasteiger partial charge in [0.2, 0.25) is 0 Å². The maximum absolute atomic E-state index is 5.67. The molecule has 0 heterocycles. The number of hydrogen-bond acceptors (Lipinski definition) is 3. The van der Waals surface area contributed by atoms with Crippen LogP contribution in [0, 0.1) is 3.57 Å². The molecule has 3 nitrogen and oxygen atoms in total. The number of nitrogen functional groups attached to an aromatic ring is 1. The first-order chi connectivity index (χ1) is 7.74. The van der Waals surface area contributed by atoms with E-state index in [1.165, 1.54) is 0 Å². The van der Waals surface area contributed by atoms with E-state index in [1.807, 2.05) is 24.3 Å². The van der Waals surface area contributed by atoms with Gasteiger partial charge in [-0.15, -0.1) is 6.58 Å². The van der Waals surface area contributed by atoms with Crippen molar-refractivity contribution in [1.82, 2.24) is 0 Å². The monoisotopic (exact) mass is 332 g/mol. The van der Waals surface area contributed by atoms with Gasteiger partial charge in [-0.05, 0) is 47.2 Å². The highest BCUT2D eigenvalue weighted by molar-refractivity contribution is 14.1. The van der Waals surface area contributed by atoms with E-state index in [4.69, 9.17) is 10.5 Å². The second kappa shape index (κ2) is 7.51. The summed E-state index contributed by atoms with van der Waals surface area (Å²) >= 11 is 2.26. The Morgan fingerprint density at radius 1 is 1.44 bits per heavy atom. The van der Waals surface area contributed by atoms with E-state index in [0.717, 1.165) is 34.5 Å². The molecule has 1 rings (SSSR count). The Bertz CT molecular complexity index is 342. The highest BCUT2D eigenvalue weighted by atomic mass is 127. The van der Waals surface area contributed by atoms with Crippen LogP contribution in [0.5, 0.6) is 0 Å². The van der Waals surface area contributed by atoms with E-state index in [0.29, 0.717) is 6.61 Å². The lowest BCUT2D eigenvalue weighted by atomic mass is 10.3. The number of nitrogens with one attached hydrogen (secondary N) is 1. The van der Waals surface area contributed by atoms with Crippen LogP contribution in [0.1, 0.15) is 6.42 Å². The lowest BCUT2D eigenvalue weighted by molar-refractivity contribution is 0.149. The van der Waals surface area contributed by atoms with Crippen LogP contribution < -0.4 is 11.1 Å². The Hall–Kier alpha value is -0.750. The van der Waals surface area contributed by atoms with Crippen LogP contribution in [0.3, 0.4) is 0 Å². The Morgan fingerprint density at radius 2 is 2.25 bits per heavy atom. The summed E-state index contributed by atoms with van der Waals surface area (Å²) in [6, 6.07) is 5.82. The molecule has 0 amide bonds. The van der Waals surface area contributed by atoms with Crippen molar-refractivity contribution in [2.45, 2.75) is 6.42 Å². The molecule has 4 heteroatoms. The van der Waals surface area contributed by atoms with Crippen molar-refractivity contribution < 1.29 is 4.74 Å². The van der Waals surface area contributed by atoms with Crippen molar-refractivity contribution in [2.24, 2.45) is 0 Å². The van der Waals surface area contributed by atoms with Crippen LogP contribution >= 0.6 is 22.6 Å². The summed E-state index contributed by atoms with van der Waals surface area (Å²) in [6.45, 7) is 5.88. The minimum atomic E-state index is 0.703. The van der Waals surface area contributed by atoms with Crippen molar-refractivity contribution in [3.63, 3.8) is 0 Å². The van der Waals surface area contributed by atoms with Crippen LogP contribution in [0.4, 0.5) is 11.4 Å². The molecule has 3 N–H and O–H groups in total. The number of ether oxygens (including phenoxy) is 1. The van der Waals surface area contributed by atoms with E-state index in [9.17, 15) is 0 Å². The average molecular weight is 332 g/mol. The summed E-state index contributed by atoms with van der Waals surface area (Å²) in [4.78, 5) is 0. The van der Waals surface area contributed by atoms with Crippen molar-refractivity contribution in [1.29, 1.82) is 0 Å². The third kappa shape index (κ3) is 4.85. The van der Waals surface area contributed by atoms with Gasteiger partial charge in [0, 0.05) is 21.5 Å². The van der Waals surface area contributed by atoms with Crippen LogP contribution in [0.25, 0.3) is 0 Å². The molecule has 0 unspecified atom stereocenters. The van der Waals surface area contributed by atoms with Gasteiger partial charge < -0.3 is 15.8 Å². The fourth-order valence-electron chi connectivity index (χ4n) is 1.20. The Kier molecular flexibility index (Phi) is 6.25. The molecule has 0 radical (unpaired) electrons. The summed E-state index contributed by atoms with van der Waals surface area (Å²) in [6.07, 6.45) is 2.76. The highest BCUT2D eigenvalue weighted by Gasteiger charge is 1.98. The first-order valence-corrected chi connectivity index (χ1v) is 6.29. The predicted octanol–water partition coefficient (Wildman–Crippen LogP) is 2.88. The van der Waals surface area contributed by atoms with Gasteiger partial charge in [-0.2, -0.15) is 0 Å². The molecule has 0 saturated heterocycles. The molecular weight excluding hydrogens is 315 g/mol. The standard InChI is InChI=1S/C12H17IN2O/c1-2-3-7-16-8-6-15-12-5-4-10(14)9-11(12)13/h2,4-5,9,15H,1,3,6-8,14H2. The van der Waals surface area contributed by atoms with Crippen LogP contribution in [0.15, 0.2) is 30.9 Å². The van der Waals surface area contributed by atoms with Crippen LogP contribution in [-0.4, -0.2) is 19.8 Å². The zero-order valence-electron chi connectivity index (χ0n) is 9.21. The predicted molar refractivity (Wildman–Crippen MR) is 77.7 cm³/mol. The number of hydrogen-bond donors (Lipinski definition) is 2. The Morgan fingerprint density at radius 3 is 2.94 bits per heavy atom. The Labute approximate surface area is 110 Å². The number of benzene rings is 1. The summed E-state index contributed by atoms with van der Waals surface area (Å²) in [5.41, 5.74) is 7.56. The average Bonchev–Trinajstić information content (AvgIpc) is 2.26. The Balaban J connectivity index is 2.24. The minimum Gasteiger partial charge on any atom is -0.399 e. The highest BCUT2D eigenvalue weighted by Crippen LogP contribution is 2.20. The molecule has 1 aromatic rings. The smallest absolute Gasteiger partial charge is 0.0639 e. The zero-order valence-corrected chi connectivity index (χ0v) is 11.4. The molecule has 0 fully saturated rings. The summed E-state index contributed by atoms with van der Waals surface area (Å²) < 4.78 is 6.53. The summed E-state index contributed by atoms with van der Waals surface area (Å²) in [5.74, 6) is 0. The summed E-state index contributed by atoms with van der Waals surface area (Å²) in [5, 5.41) is 3.30. The topological polar surface area (TPSA) is 47.3 Å². The molecular formula is C12H17IN2O. The van der Waals surface area contributed by atoms with Gasteiger partial charge in [-0.3, -0.25) is 0 Å². The molecule has 0 saturated carbocycles. The van der Waals surface area contributed by atoms with E-state index < -0.39 is 0 Å². The van der Waals surface area contributed by atoms with E-state index in [-0.39, 0.29) is 0 Å². The van der Waals surface area contributed by atoms with Gasteiger partial charge in [0.05, 0.1) is 13.2 Å². The first-order valence-electron chi connectivity index (χ1n) is 5.21. The van der Waals surface area contributed by atoms with Crippen molar-refractivity contribution >= 4 is 34.0 Å². The third-order valence-corrected chi connectivity index (χ3v) is 2.91. The van der Waals surface area contributed by atoms with E-state index in [2.05, 4.69) is 34.5 Å². The molecule has 0 aliphatic carbocycles. The van der Waals surface area contributed by atoms with Gasteiger partial charge >= 0.3 is 0 Å². The second-order valence-corrected chi connectivity index (χ2v) is 4.52. The van der Waals surface area contributed by atoms with Crippen molar-refractivity contribution in [3.05, 3.63) is 34.4 Å². The van der Waals surface area contributed by atoms with Gasteiger partial charge in [0.1, 0.15) is 0 Å². The van der Waals surface area contributed by atoms with Crippen molar-refractivity contribution in [3.8, 4) is 0 Å². The maximum atomic E-state index is 5.67. The summed E-state index contributed by atoms with van der Waals surface area (Å²) in [7, 11) is 0. The molecule has 1 aromatic carbocycles. The zero-order chi connectivity index (χ0) is 11.8. The molecule has 0 atom stereocenters. The number of nitrogens with two attached hydrogens (primary N) is 1. The first kappa shape index (κ1) is 13.3.